The molecular weight excluding hydrogens is 405 g/mol. The van der Waals surface area contributed by atoms with Gasteiger partial charge in [-0.05, 0) is 42.0 Å². The molecule has 0 saturated carbocycles. The van der Waals surface area contributed by atoms with E-state index in [1.807, 2.05) is 54.6 Å². The minimum absolute atomic E-state index is 0.431. The Bertz CT molecular complexity index is 888. The number of ether oxygens (including phenoxy) is 2. The maximum absolute atomic E-state index is 6.19. The van der Waals surface area contributed by atoms with Gasteiger partial charge in [-0.15, -0.1) is 0 Å². The number of hydrogen-bond acceptors (Lipinski definition) is 3. The molecule has 0 heterocycles. The summed E-state index contributed by atoms with van der Waals surface area (Å²) in [6.07, 6.45) is 0. The van der Waals surface area contributed by atoms with Crippen molar-refractivity contribution in [3.8, 4) is 11.5 Å². The first-order valence-corrected chi connectivity index (χ1v) is 9.53. The van der Waals surface area contributed by atoms with E-state index in [-0.39, 0.29) is 0 Å². The maximum atomic E-state index is 6.19. The Morgan fingerprint density at radius 3 is 2.11 bits per heavy atom. The number of nitrogens with one attached hydrogen (secondary N) is 1. The lowest BCUT2D eigenvalue weighted by Crippen LogP contribution is -2.09. The standard InChI is InChI=1S/C21H18Cl3NO2/c22-18-12-20(24)21(13-19(18)23)25-14-15-5-4-8-17(11-15)27-10-9-26-16-6-2-1-3-7-16/h1-8,11-13,25H,9-10,14H2. The number of anilines is 1. The van der Waals surface area contributed by atoms with Crippen LogP contribution in [0.5, 0.6) is 11.5 Å². The molecule has 3 aromatic rings. The molecule has 0 aliphatic heterocycles. The average Bonchev–Trinajstić information content (AvgIpc) is 2.68. The van der Waals surface area contributed by atoms with Crippen LogP contribution < -0.4 is 14.8 Å². The fourth-order valence-electron chi connectivity index (χ4n) is 2.44. The van der Waals surface area contributed by atoms with Crippen molar-refractivity contribution < 1.29 is 9.47 Å². The first-order chi connectivity index (χ1) is 13.1. The lowest BCUT2D eigenvalue weighted by atomic mass is 10.2. The van der Waals surface area contributed by atoms with Crippen LogP contribution in [0.1, 0.15) is 5.56 Å². The molecule has 1 N–H and O–H groups in total. The van der Waals surface area contributed by atoms with Crippen molar-refractivity contribution in [1.82, 2.24) is 0 Å². The second kappa shape index (κ2) is 9.75. The average molecular weight is 423 g/mol. The smallest absolute Gasteiger partial charge is 0.122 e. The summed E-state index contributed by atoms with van der Waals surface area (Å²) in [5, 5.41) is 4.67. The Morgan fingerprint density at radius 1 is 0.667 bits per heavy atom. The molecule has 0 radical (unpaired) electrons. The minimum atomic E-state index is 0.431. The largest absolute Gasteiger partial charge is 0.490 e. The summed E-state index contributed by atoms with van der Waals surface area (Å²) >= 11 is 18.2. The van der Waals surface area contributed by atoms with Gasteiger partial charge in [0, 0.05) is 6.54 Å². The van der Waals surface area contributed by atoms with Gasteiger partial charge in [-0.3, -0.25) is 0 Å². The first kappa shape index (κ1) is 19.7. The van der Waals surface area contributed by atoms with Crippen LogP contribution in [0, 0.1) is 0 Å². The van der Waals surface area contributed by atoms with Crippen molar-refractivity contribution >= 4 is 40.5 Å². The summed E-state index contributed by atoms with van der Waals surface area (Å²) in [6, 6.07) is 20.8. The normalized spacial score (nSPS) is 10.5. The fourth-order valence-corrected chi connectivity index (χ4v) is 3.05. The maximum Gasteiger partial charge on any atom is 0.122 e. The molecule has 0 bridgehead atoms. The Hall–Kier alpha value is -2.07. The zero-order valence-corrected chi connectivity index (χ0v) is 16.7. The molecular formula is C21H18Cl3NO2. The number of hydrogen-bond donors (Lipinski definition) is 1. The first-order valence-electron chi connectivity index (χ1n) is 8.40. The molecule has 0 amide bonds. The van der Waals surface area contributed by atoms with E-state index in [1.54, 1.807) is 12.1 Å². The van der Waals surface area contributed by atoms with E-state index in [9.17, 15) is 0 Å². The number of para-hydroxylation sites is 1. The van der Waals surface area contributed by atoms with Crippen molar-refractivity contribution in [2.24, 2.45) is 0 Å². The monoisotopic (exact) mass is 421 g/mol. The quantitative estimate of drug-likeness (QED) is 0.323. The molecule has 3 nitrogen and oxygen atoms in total. The second-order valence-corrected chi connectivity index (χ2v) is 6.98. The summed E-state index contributed by atoms with van der Waals surface area (Å²) in [7, 11) is 0. The highest BCUT2D eigenvalue weighted by molar-refractivity contribution is 6.44. The molecule has 0 aliphatic rings. The van der Waals surface area contributed by atoms with Gasteiger partial charge in [0.1, 0.15) is 24.7 Å². The molecule has 0 aromatic heterocycles. The Kier molecular flexibility index (Phi) is 7.11. The van der Waals surface area contributed by atoms with Gasteiger partial charge in [0.25, 0.3) is 0 Å². The SMILES string of the molecule is Clc1cc(Cl)c(NCc2cccc(OCCOc3ccccc3)c2)cc1Cl. The number of halogens is 3. The lowest BCUT2D eigenvalue weighted by molar-refractivity contribution is 0.217. The second-order valence-electron chi connectivity index (χ2n) is 5.76. The third-order valence-corrected chi connectivity index (χ3v) is 4.79. The van der Waals surface area contributed by atoms with E-state index in [0.717, 1.165) is 22.7 Å². The van der Waals surface area contributed by atoms with Crippen LogP contribution >= 0.6 is 34.8 Å². The molecule has 0 unspecified atom stereocenters. The summed E-state index contributed by atoms with van der Waals surface area (Å²) in [4.78, 5) is 0. The van der Waals surface area contributed by atoms with Crippen molar-refractivity contribution in [3.05, 3.63) is 87.4 Å². The van der Waals surface area contributed by atoms with Crippen molar-refractivity contribution in [2.45, 2.75) is 6.54 Å². The van der Waals surface area contributed by atoms with Gasteiger partial charge in [0.15, 0.2) is 0 Å². The van der Waals surface area contributed by atoms with E-state index < -0.39 is 0 Å². The van der Waals surface area contributed by atoms with Crippen LogP contribution in [0.15, 0.2) is 66.7 Å². The van der Waals surface area contributed by atoms with E-state index in [1.165, 1.54) is 0 Å². The molecule has 3 rings (SSSR count). The molecule has 3 aromatic carbocycles. The molecule has 0 atom stereocenters. The van der Waals surface area contributed by atoms with Gasteiger partial charge in [-0.2, -0.15) is 0 Å². The lowest BCUT2D eigenvalue weighted by Gasteiger charge is -2.12. The van der Waals surface area contributed by atoms with Gasteiger partial charge in [0.2, 0.25) is 0 Å². The Balaban J connectivity index is 1.51. The Morgan fingerprint density at radius 2 is 1.33 bits per heavy atom. The number of benzene rings is 3. The predicted octanol–water partition coefficient (Wildman–Crippen LogP) is 6.72. The summed E-state index contributed by atoms with van der Waals surface area (Å²) in [6.45, 7) is 1.52. The Labute approximate surface area is 173 Å². The van der Waals surface area contributed by atoms with Crippen LogP contribution in [-0.2, 0) is 6.54 Å². The van der Waals surface area contributed by atoms with Gasteiger partial charge >= 0.3 is 0 Å². The van der Waals surface area contributed by atoms with Gasteiger partial charge in [0.05, 0.1) is 20.8 Å². The number of rotatable bonds is 8. The fraction of sp³-hybridized carbons (Fsp3) is 0.143. The van der Waals surface area contributed by atoms with Crippen LogP contribution in [-0.4, -0.2) is 13.2 Å². The van der Waals surface area contributed by atoms with Crippen molar-refractivity contribution in [3.63, 3.8) is 0 Å². The van der Waals surface area contributed by atoms with Crippen molar-refractivity contribution in [2.75, 3.05) is 18.5 Å². The highest BCUT2D eigenvalue weighted by atomic mass is 35.5. The predicted molar refractivity (Wildman–Crippen MR) is 113 cm³/mol. The molecule has 0 fully saturated rings. The van der Waals surface area contributed by atoms with Gasteiger partial charge < -0.3 is 14.8 Å². The molecule has 0 aliphatic carbocycles. The summed E-state index contributed by atoms with van der Waals surface area (Å²) in [5.74, 6) is 1.61. The summed E-state index contributed by atoms with van der Waals surface area (Å²) < 4.78 is 11.4. The molecule has 6 heteroatoms. The molecule has 0 spiro atoms. The molecule has 27 heavy (non-hydrogen) atoms. The highest BCUT2D eigenvalue weighted by Crippen LogP contribution is 2.32. The third-order valence-electron chi connectivity index (χ3n) is 3.76. The zero-order chi connectivity index (χ0) is 19.1. The molecule has 140 valence electrons. The minimum Gasteiger partial charge on any atom is -0.490 e. The topological polar surface area (TPSA) is 30.5 Å². The van der Waals surface area contributed by atoms with Crippen LogP contribution in [0.25, 0.3) is 0 Å². The van der Waals surface area contributed by atoms with Crippen LogP contribution in [0.4, 0.5) is 5.69 Å². The van der Waals surface area contributed by atoms with E-state index in [4.69, 9.17) is 44.3 Å². The molecule has 0 saturated heterocycles. The van der Waals surface area contributed by atoms with E-state index in [2.05, 4.69) is 5.32 Å². The van der Waals surface area contributed by atoms with E-state index >= 15 is 0 Å². The highest BCUT2D eigenvalue weighted by Gasteiger charge is 2.06. The van der Waals surface area contributed by atoms with Crippen LogP contribution in [0.3, 0.4) is 0 Å². The van der Waals surface area contributed by atoms with Crippen LogP contribution in [0.2, 0.25) is 15.1 Å². The van der Waals surface area contributed by atoms with E-state index in [0.29, 0.717) is 34.8 Å². The third kappa shape index (κ3) is 5.96. The summed E-state index contributed by atoms with van der Waals surface area (Å²) in [5.41, 5.74) is 1.78. The van der Waals surface area contributed by atoms with Gasteiger partial charge in [-0.25, -0.2) is 0 Å². The van der Waals surface area contributed by atoms with Gasteiger partial charge in [-0.1, -0.05) is 65.1 Å². The van der Waals surface area contributed by atoms with Crippen molar-refractivity contribution in [1.29, 1.82) is 0 Å². The zero-order valence-electron chi connectivity index (χ0n) is 14.4.